The number of aryl methyl sites for hydroxylation is 1. The van der Waals surface area contributed by atoms with Gasteiger partial charge in [-0.2, -0.15) is 0 Å². The molecule has 8 heteroatoms. The van der Waals surface area contributed by atoms with Crippen molar-refractivity contribution < 1.29 is 4.79 Å². The molecule has 0 aliphatic carbocycles. The molecule has 2 aromatic heterocycles. The van der Waals surface area contributed by atoms with Crippen LogP contribution in [0.5, 0.6) is 0 Å². The van der Waals surface area contributed by atoms with Crippen LogP contribution < -0.4 is 16.6 Å². The highest BCUT2D eigenvalue weighted by Gasteiger charge is 2.19. The quantitative estimate of drug-likeness (QED) is 0.586. The molecule has 0 fully saturated rings. The number of nitrogens with zero attached hydrogens (tertiary/aromatic N) is 3. The van der Waals surface area contributed by atoms with Gasteiger partial charge in [-0.3, -0.25) is 18.7 Å². The van der Waals surface area contributed by atoms with Gasteiger partial charge in [0, 0.05) is 31.7 Å². The summed E-state index contributed by atoms with van der Waals surface area (Å²) in [6.45, 7) is 4.58. The summed E-state index contributed by atoms with van der Waals surface area (Å²) >= 11 is 1.32. The highest BCUT2D eigenvalue weighted by Crippen LogP contribution is 2.32. The van der Waals surface area contributed by atoms with E-state index < -0.39 is 11.2 Å². The monoisotopic (exact) mass is 426 g/mol. The number of carbonyl (C=O) groups is 1. The minimum atomic E-state index is -0.424. The zero-order chi connectivity index (χ0) is 21.8. The molecule has 2 heterocycles. The largest absolute Gasteiger partial charge is 0.355 e. The fourth-order valence-electron chi connectivity index (χ4n) is 3.26. The first kappa shape index (κ1) is 21.8. The third-order valence-electron chi connectivity index (χ3n) is 5.00. The number of hydrogen-bond donors (Lipinski definition) is 1. The van der Waals surface area contributed by atoms with E-state index in [0.717, 1.165) is 22.1 Å². The molecule has 0 atom stereocenters. The van der Waals surface area contributed by atoms with Crippen LogP contribution in [0.25, 0.3) is 11.0 Å². The number of nitrogens with one attached hydrogen (secondary N) is 1. The SMILES string of the molecule is CC(C)c1cnc2c(c1SCC(=O)NCCc1ccccc1)c(=O)n(C)c(=O)n2C. The van der Waals surface area contributed by atoms with E-state index in [2.05, 4.69) is 10.3 Å². The predicted molar refractivity (Wildman–Crippen MR) is 120 cm³/mol. The normalized spacial score (nSPS) is 11.2. The Morgan fingerprint density at radius 1 is 1.13 bits per heavy atom. The van der Waals surface area contributed by atoms with Crippen molar-refractivity contribution in [1.82, 2.24) is 19.4 Å². The smallest absolute Gasteiger partial charge is 0.332 e. The van der Waals surface area contributed by atoms with E-state index in [0.29, 0.717) is 22.5 Å². The summed E-state index contributed by atoms with van der Waals surface area (Å²) in [4.78, 5) is 42.6. The van der Waals surface area contributed by atoms with Gasteiger partial charge in [0.2, 0.25) is 5.91 Å². The number of aromatic nitrogens is 3. The maximum atomic E-state index is 12.9. The molecule has 0 bridgehead atoms. The third kappa shape index (κ3) is 4.48. The molecule has 0 saturated heterocycles. The lowest BCUT2D eigenvalue weighted by molar-refractivity contribution is -0.118. The average molecular weight is 427 g/mol. The lowest BCUT2D eigenvalue weighted by Gasteiger charge is -2.16. The summed E-state index contributed by atoms with van der Waals surface area (Å²) in [7, 11) is 3.05. The second-order valence-electron chi connectivity index (χ2n) is 7.48. The summed E-state index contributed by atoms with van der Waals surface area (Å²) in [6, 6.07) is 9.97. The molecule has 1 amide bonds. The third-order valence-corrected chi connectivity index (χ3v) is 6.13. The van der Waals surface area contributed by atoms with Crippen molar-refractivity contribution in [3.8, 4) is 0 Å². The van der Waals surface area contributed by atoms with Gasteiger partial charge in [0.05, 0.1) is 11.1 Å². The van der Waals surface area contributed by atoms with Crippen LogP contribution in [0.3, 0.4) is 0 Å². The van der Waals surface area contributed by atoms with Crippen molar-refractivity contribution in [1.29, 1.82) is 0 Å². The molecule has 0 saturated carbocycles. The zero-order valence-corrected chi connectivity index (χ0v) is 18.5. The van der Waals surface area contributed by atoms with E-state index in [9.17, 15) is 14.4 Å². The molecule has 0 aliphatic heterocycles. The van der Waals surface area contributed by atoms with Crippen LogP contribution in [0.1, 0.15) is 30.9 Å². The Balaban J connectivity index is 1.83. The molecule has 158 valence electrons. The van der Waals surface area contributed by atoms with Crippen molar-refractivity contribution in [3.63, 3.8) is 0 Å². The van der Waals surface area contributed by atoms with E-state index in [1.807, 2.05) is 44.2 Å². The maximum Gasteiger partial charge on any atom is 0.332 e. The predicted octanol–water partition coefficient (Wildman–Crippen LogP) is 2.21. The van der Waals surface area contributed by atoms with Gasteiger partial charge in [-0.25, -0.2) is 9.78 Å². The number of carbonyl (C=O) groups excluding carboxylic acids is 1. The molecule has 0 unspecified atom stereocenters. The van der Waals surface area contributed by atoms with Gasteiger partial charge in [0.1, 0.15) is 5.65 Å². The van der Waals surface area contributed by atoms with Crippen LogP contribution in [0, 0.1) is 0 Å². The van der Waals surface area contributed by atoms with E-state index >= 15 is 0 Å². The van der Waals surface area contributed by atoms with Crippen molar-refractivity contribution in [3.05, 3.63) is 68.5 Å². The van der Waals surface area contributed by atoms with Crippen LogP contribution in [0.15, 0.2) is 51.0 Å². The molecule has 0 radical (unpaired) electrons. The number of amides is 1. The Labute approximate surface area is 179 Å². The van der Waals surface area contributed by atoms with E-state index in [1.54, 1.807) is 13.2 Å². The topological polar surface area (TPSA) is 86.0 Å². The molecule has 1 aromatic carbocycles. The minimum absolute atomic E-state index is 0.0998. The Kier molecular flexibility index (Phi) is 6.77. The van der Waals surface area contributed by atoms with Gasteiger partial charge < -0.3 is 5.32 Å². The fourth-order valence-corrected chi connectivity index (χ4v) is 4.42. The first-order valence-electron chi connectivity index (χ1n) is 9.83. The molecule has 0 aliphatic rings. The summed E-state index contributed by atoms with van der Waals surface area (Å²) in [5.74, 6) is 0.198. The van der Waals surface area contributed by atoms with Crippen LogP contribution in [0.2, 0.25) is 0 Å². The summed E-state index contributed by atoms with van der Waals surface area (Å²) in [6.07, 6.45) is 2.46. The van der Waals surface area contributed by atoms with Crippen LogP contribution in [-0.2, 0) is 25.3 Å². The van der Waals surface area contributed by atoms with Gasteiger partial charge in [-0.15, -0.1) is 11.8 Å². The van der Waals surface area contributed by atoms with Gasteiger partial charge in [0.25, 0.3) is 5.56 Å². The lowest BCUT2D eigenvalue weighted by atomic mass is 10.0. The summed E-state index contributed by atoms with van der Waals surface area (Å²) in [5.41, 5.74) is 1.57. The number of rotatable bonds is 7. The van der Waals surface area contributed by atoms with Gasteiger partial charge in [-0.1, -0.05) is 44.2 Å². The van der Waals surface area contributed by atoms with Crippen LogP contribution >= 0.6 is 11.8 Å². The van der Waals surface area contributed by atoms with Crippen LogP contribution in [-0.4, -0.2) is 32.3 Å². The summed E-state index contributed by atoms with van der Waals surface area (Å²) in [5, 5.41) is 3.31. The van der Waals surface area contributed by atoms with E-state index in [1.165, 1.54) is 23.4 Å². The molecule has 30 heavy (non-hydrogen) atoms. The first-order valence-corrected chi connectivity index (χ1v) is 10.8. The second kappa shape index (κ2) is 9.30. The fraction of sp³-hybridized carbons (Fsp3) is 0.364. The van der Waals surface area contributed by atoms with Crippen molar-refractivity contribution in [2.75, 3.05) is 12.3 Å². The Morgan fingerprint density at radius 2 is 1.83 bits per heavy atom. The van der Waals surface area contributed by atoms with Crippen molar-refractivity contribution in [2.24, 2.45) is 14.1 Å². The number of benzene rings is 1. The molecule has 3 aromatic rings. The van der Waals surface area contributed by atoms with Gasteiger partial charge in [0.15, 0.2) is 0 Å². The van der Waals surface area contributed by atoms with Crippen molar-refractivity contribution >= 4 is 28.7 Å². The molecular weight excluding hydrogens is 400 g/mol. The second-order valence-corrected chi connectivity index (χ2v) is 8.46. The molecule has 7 nitrogen and oxygen atoms in total. The molecule has 1 N–H and O–H groups in total. The Bertz CT molecular complexity index is 1180. The van der Waals surface area contributed by atoms with E-state index in [-0.39, 0.29) is 17.6 Å². The minimum Gasteiger partial charge on any atom is -0.355 e. The first-order chi connectivity index (χ1) is 14.3. The highest BCUT2D eigenvalue weighted by atomic mass is 32.2. The standard InChI is InChI=1S/C22H26N4O3S/c1-14(2)16-12-24-20-18(21(28)26(4)22(29)25(20)3)19(16)30-13-17(27)23-11-10-15-8-6-5-7-9-15/h5-9,12,14H,10-11,13H2,1-4H3,(H,23,27). The molecular formula is C22H26N4O3S. The molecule has 0 spiro atoms. The van der Waals surface area contributed by atoms with Crippen molar-refractivity contribution in [2.45, 2.75) is 31.1 Å². The van der Waals surface area contributed by atoms with Crippen LogP contribution in [0.4, 0.5) is 0 Å². The number of hydrogen-bond acceptors (Lipinski definition) is 5. The lowest BCUT2D eigenvalue weighted by Crippen LogP contribution is -2.37. The van der Waals surface area contributed by atoms with E-state index in [4.69, 9.17) is 0 Å². The van der Waals surface area contributed by atoms with Gasteiger partial charge in [-0.05, 0) is 23.5 Å². The number of fused-ring (bicyclic) bond motifs is 1. The number of pyridine rings is 1. The zero-order valence-electron chi connectivity index (χ0n) is 17.6. The maximum absolute atomic E-state index is 12.9. The highest BCUT2D eigenvalue weighted by molar-refractivity contribution is 8.00. The Morgan fingerprint density at radius 3 is 2.50 bits per heavy atom. The van der Waals surface area contributed by atoms with Gasteiger partial charge >= 0.3 is 5.69 Å². The average Bonchev–Trinajstić information content (AvgIpc) is 2.74. The Hall–Kier alpha value is -2.87. The summed E-state index contributed by atoms with van der Waals surface area (Å²) < 4.78 is 2.45. The molecule has 3 rings (SSSR count). The number of thioether (sulfide) groups is 1.